The van der Waals surface area contributed by atoms with E-state index in [1.54, 1.807) is 6.20 Å². The maximum atomic E-state index is 12.9. The van der Waals surface area contributed by atoms with Crippen LogP contribution in [-0.4, -0.2) is 15.8 Å². The highest BCUT2D eigenvalue weighted by atomic mass is 32.1. The number of carbonyl (C=O) groups is 1. The van der Waals surface area contributed by atoms with Gasteiger partial charge in [0.15, 0.2) is 5.78 Å². The van der Waals surface area contributed by atoms with Crippen LogP contribution in [0.4, 0.5) is 11.6 Å². The molecule has 34 heavy (non-hydrogen) atoms. The lowest BCUT2D eigenvalue weighted by atomic mass is 9.95. The molecule has 1 atom stereocenters. The molecule has 0 aliphatic heterocycles. The van der Waals surface area contributed by atoms with Crippen LogP contribution in [0, 0.1) is 0 Å². The number of benzene rings is 2. The van der Waals surface area contributed by atoms with Crippen LogP contribution in [0.1, 0.15) is 66.2 Å². The number of Topliss-reactive ketones (excluding diaryl/α,β-unsaturated/α-hetero) is 1. The second kappa shape index (κ2) is 11.7. The number of hydrogen-bond acceptors (Lipinski definition) is 5. The van der Waals surface area contributed by atoms with E-state index in [9.17, 15) is 4.79 Å². The lowest BCUT2D eigenvalue weighted by molar-refractivity contribution is 0.0979. The average molecular weight is 470 g/mol. The minimum atomic E-state index is 0.167. The third-order valence-electron chi connectivity index (χ3n) is 5.90. The van der Waals surface area contributed by atoms with Crippen molar-refractivity contribution in [3.63, 3.8) is 0 Å². The van der Waals surface area contributed by atoms with Crippen LogP contribution < -0.4 is 5.32 Å². The Balaban J connectivity index is 1.42. The summed E-state index contributed by atoms with van der Waals surface area (Å²) in [7, 11) is 0. The summed E-state index contributed by atoms with van der Waals surface area (Å²) in [6, 6.07) is 24.4. The fraction of sp³-hybridized carbons (Fsp3) is 0.276. The Morgan fingerprint density at radius 2 is 1.85 bits per heavy atom. The molecule has 0 aliphatic carbocycles. The van der Waals surface area contributed by atoms with Crippen molar-refractivity contribution in [2.24, 2.45) is 0 Å². The summed E-state index contributed by atoms with van der Waals surface area (Å²) >= 11 is 1.49. The van der Waals surface area contributed by atoms with Crippen molar-refractivity contribution in [2.45, 2.75) is 51.9 Å². The number of carbonyl (C=O) groups excluding carboxylic acids is 1. The summed E-state index contributed by atoms with van der Waals surface area (Å²) in [5.74, 6) is 0.911. The van der Waals surface area contributed by atoms with Crippen LogP contribution in [0.15, 0.2) is 79.0 Å². The van der Waals surface area contributed by atoms with E-state index in [0.717, 1.165) is 27.6 Å². The van der Waals surface area contributed by atoms with Crippen molar-refractivity contribution in [3.05, 3.63) is 95.0 Å². The van der Waals surface area contributed by atoms with Crippen LogP contribution in [-0.2, 0) is 6.42 Å². The van der Waals surface area contributed by atoms with Gasteiger partial charge in [-0.05, 0) is 60.2 Å². The fourth-order valence-electron chi connectivity index (χ4n) is 3.97. The number of unbranched alkanes of at least 4 members (excludes halogenated alkanes) is 2. The molecule has 2 heterocycles. The van der Waals surface area contributed by atoms with Gasteiger partial charge in [0, 0.05) is 18.3 Å². The van der Waals surface area contributed by atoms with Gasteiger partial charge in [0.1, 0.15) is 0 Å². The smallest absolute Gasteiger partial charge is 0.227 e. The van der Waals surface area contributed by atoms with Crippen molar-refractivity contribution in [1.82, 2.24) is 9.97 Å². The molecule has 0 radical (unpaired) electrons. The van der Waals surface area contributed by atoms with E-state index in [0.29, 0.717) is 12.4 Å². The summed E-state index contributed by atoms with van der Waals surface area (Å²) in [6.07, 6.45) is 7.01. The maximum Gasteiger partial charge on any atom is 0.227 e. The molecule has 0 saturated heterocycles. The van der Waals surface area contributed by atoms with Crippen LogP contribution in [0.5, 0.6) is 0 Å². The topological polar surface area (TPSA) is 54.9 Å². The average Bonchev–Trinajstić information content (AvgIpc) is 3.36. The minimum absolute atomic E-state index is 0.167. The first kappa shape index (κ1) is 23.8. The third kappa shape index (κ3) is 6.39. The zero-order valence-electron chi connectivity index (χ0n) is 19.8. The largest absolute Gasteiger partial charge is 0.324 e. The molecule has 0 saturated carbocycles. The van der Waals surface area contributed by atoms with E-state index >= 15 is 0 Å². The van der Waals surface area contributed by atoms with Crippen LogP contribution in [0.25, 0.3) is 10.6 Å². The number of nitrogens with zero attached hydrogens (tertiary/aromatic N) is 2. The van der Waals surface area contributed by atoms with Gasteiger partial charge in [0.2, 0.25) is 5.95 Å². The second-order valence-corrected chi connectivity index (χ2v) is 9.73. The Labute approximate surface area is 206 Å². The first-order valence-electron chi connectivity index (χ1n) is 12.0. The number of hydrogen-bond donors (Lipinski definition) is 1. The van der Waals surface area contributed by atoms with Gasteiger partial charge in [-0.3, -0.25) is 4.79 Å². The van der Waals surface area contributed by atoms with Crippen LogP contribution >= 0.6 is 11.3 Å². The lowest BCUT2D eigenvalue weighted by Gasteiger charge is -2.10. The second-order valence-electron chi connectivity index (χ2n) is 8.65. The molecule has 1 N–H and O–H groups in total. The summed E-state index contributed by atoms with van der Waals surface area (Å²) in [6.45, 7) is 4.32. The van der Waals surface area contributed by atoms with Crippen LogP contribution in [0.3, 0.4) is 0 Å². The third-order valence-corrected chi connectivity index (χ3v) is 7.05. The van der Waals surface area contributed by atoms with Crippen molar-refractivity contribution in [1.29, 1.82) is 0 Å². The fourth-order valence-corrected chi connectivity index (χ4v) is 4.90. The molecule has 5 heteroatoms. The zero-order valence-corrected chi connectivity index (χ0v) is 20.6. The number of thiophene rings is 1. The van der Waals surface area contributed by atoms with Gasteiger partial charge in [0.25, 0.3) is 0 Å². The first-order valence-corrected chi connectivity index (χ1v) is 12.8. The van der Waals surface area contributed by atoms with Crippen molar-refractivity contribution in [3.8, 4) is 10.6 Å². The molecule has 0 bridgehead atoms. The Hall–Kier alpha value is -3.31. The van der Waals surface area contributed by atoms with Gasteiger partial charge in [-0.15, -0.1) is 11.3 Å². The summed E-state index contributed by atoms with van der Waals surface area (Å²) in [4.78, 5) is 23.7. The molecule has 4 aromatic rings. The van der Waals surface area contributed by atoms with E-state index in [-0.39, 0.29) is 11.7 Å². The molecule has 4 rings (SSSR count). The Morgan fingerprint density at radius 1 is 1.00 bits per heavy atom. The van der Waals surface area contributed by atoms with E-state index in [4.69, 9.17) is 4.98 Å². The van der Waals surface area contributed by atoms with Crippen LogP contribution in [0.2, 0.25) is 0 Å². The number of anilines is 2. The normalized spacial score (nSPS) is 11.8. The molecule has 2 aromatic heterocycles. The van der Waals surface area contributed by atoms with Crippen molar-refractivity contribution < 1.29 is 4.79 Å². The van der Waals surface area contributed by atoms with Gasteiger partial charge in [-0.25, -0.2) is 9.97 Å². The summed E-state index contributed by atoms with van der Waals surface area (Å²) in [5.41, 5.74) is 4.31. The molecule has 4 nitrogen and oxygen atoms in total. The minimum Gasteiger partial charge on any atom is -0.324 e. The molecule has 0 amide bonds. The number of nitrogens with one attached hydrogen (secondary N) is 1. The summed E-state index contributed by atoms with van der Waals surface area (Å²) in [5, 5.41) is 3.33. The highest BCUT2D eigenvalue weighted by Gasteiger charge is 2.16. The molecule has 0 unspecified atom stereocenters. The Morgan fingerprint density at radius 3 is 2.68 bits per heavy atom. The first-order chi connectivity index (χ1) is 16.6. The number of rotatable bonds is 11. The lowest BCUT2D eigenvalue weighted by Crippen LogP contribution is -2.03. The monoisotopic (exact) mass is 469 g/mol. The highest BCUT2D eigenvalue weighted by Crippen LogP contribution is 2.30. The number of aryl methyl sites for hydroxylation is 1. The van der Waals surface area contributed by atoms with Gasteiger partial charge in [-0.2, -0.15) is 0 Å². The van der Waals surface area contributed by atoms with E-state index in [2.05, 4.69) is 54.5 Å². The van der Waals surface area contributed by atoms with Gasteiger partial charge < -0.3 is 5.32 Å². The molecule has 0 aliphatic rings. The predicted molar refractivity (Wildman–Crippen MR) is 142 cm³/mol. The molecule has 174 valence electrons. The van der Waals surface area contributed by atoms with E-state index < -0.39 is 0 Å². The predicted octanol–water partition coefficient (Wildman–Crippen LogP) is 8.06. The zero-order chi connectivity index (χ0) is 23.8. The van der Waals surface area contributed by atoms with Gasteiger partial charge >= 0.3 is 0 Å². The Bertz CT molecular complexity index is 1220. The number of ketones is 1. The molecule has 0 fully saturated rings. The van der Waals surface area contributed by atoms with E-state index in [1.165, 1.54) is 41.7 Å². The molecule has 2 aromatic carbocycles. The van der Waals surface area contributed by atoms with Crippen molar-refractivity contribution in [2.75, 3.05) is 5.32 Å². The van der Waals surface area contributed by atoms with Crippen molar-refractivity contribution >= 4 is 28.8 Å². The summed E-state index contributed by atoms with van der Waals surface area (Å²) < 4.78 is 0. The standard InChI is InChI=1S/C29H31N3OS/c1-3-4-6-10-22-11-9-14-24(20-22)31-29-30-18-17-25(32-29)27-15-16-28(34-27)26(33)19-21(2)23-12-7-5-8-13-23/h5,7-9,11-18,20-21H,3-4,6,10,19H2,1-2H3,(H,30,31,32)/t21-/m0/s1. The number of aromatic nitrogens is 2. The molecule has 0 spiro atoms. The maximum absolute atomic E-state index is 12.9. The highest BCUT2D eigenvalue weighted by molar-refractivity contribution is 7.17. The molecular formula is C29H31N3OS. The SMILES string of the molecule is CCCCCc1cccc(Nc2nccc(-c3ccc(C(=O)C[C@H](C)c4ccccc4)s3)n2)c1. The van der Waals surface area contributed by atoms with E-state index in [1.807, 2.05) is 42.5 Å². The van der Waals surface area contributed by atoms with Gasteiger partial charge in [-0.1, -0.05) is 69.2 Å². The quantitative estimate of drug-likeness (QED) is 0.178. The Kier molecular flexibility index (Phi) is 8.21. The van der Waals surface area contributed by atoms with Gasteiger partial charge in [0.05, 0.1) is 15.4 Å². The molecular weight excluding hydrogens is 438 g/mol.